The molecule has 636 valence electrons. The number of hydrogen-bond donors (Lipinski definition) is 8. The van der Waals surface area contributed by atoms with E-state index in [1.165, 1.54) is 30.3 Å². The molecule has 20 nitrogen and oxygen atoms in total. The van der Waals surface area contributed by atoms with E-state index in [9.17, 15) is 69.6 Å². The molecule has 0 saturated heterocycles. The topological polar surface area (TPSA) is 320 Å². The molecule has 0 saturated carbocycles. The van der Waals surface area contributed by atoms with Gasteiger partial charge in [-0.1, -0.05) is 157 Å². The van der Waals surface area contributed by atoms with Crippen LogP contribution in [0.1, 0.15) is 180 Å². The van der Waals surface area contributed by atoms with Crippen LogP contribution in [0.3, 0.4) is 0 Å². The van der Waals surface area contributed by atoms with E-state index in [0.717, 1.165) is 85.5 Å². The molecule has 0 aliphatic rings. The summed E-state index contributed by atoms with van der Waals surface area (Å²) in [7, 11) is 0. The minimum Gasteiger partial charge on any atom is -0.508 e. The molecular weight excluding hydrogens is 1520 g/mol. The number of fused-ring (bicyclic) bond motifs is 6. The third-order valence-electron chi connectivity index (χ3n) is 22.1. The first-order chi connectivity index (χ1) is 56.5. The fraction of sp³-hybridized carbons (Fsp3) is 0.340. The molecule has 12 aromatic rings. The van der Waals surface area contributed by atoms with Crippen LogP contribution in [0.4, 0.5) is 0 Å². The van der Waals surface area contributed by atoms with Gasteiger partial charge in [0.1, 0.15) is 76.5 Å². The molecule has 0 aromatic heterocycles. The maximum absolute atomic E-state index is 12.1. The van der Waals surface area contributed by atoms with Crippen molar-refractivity contribution in [2.75, 3.05) is 6.61 Å². The summed E-state index contributed by atoms with van der Waals surface area (Å²) in [6.45, 7) is 34.9. The number of carbonyl (C=O) groups excluding carboxylic acids is 6. The summed E-state index contributed by atoms with van der Waals surface area (Å²) in [5.41, 5.74) is -0.0843. The van der Waals surface area contributed by atoms with E-state index in [4.69, 9.17) is 28.4 Å². The molecule has 0 atom stereocenters. The number of aromatic hydroxyl groups is 8. The second kappa shape index (κ2) is 41.2. The number of benzene rings is 12. The van der Waals surface area contributed by atoms with Gasteiger partial charge in [0, 0.05) is 39.4 Å². The molecule has 8 N–H and O–H groups in total. The standard InChI is InChI=1S/C18H22O3.2C17H20O3.2C16H18O4.C16H18O3/c1-4-18(2,3)17(20)21-12-11-13-7-5-9-15-14(13)8-6-10-16(15)19;1-4-17(2,3)16(19)20-11-12-7-5-9-14-13(12)8-6-10-15(14)18;1-4-17(2,3)16(19)20-11-12-5-6-14-10-15(18)8-7-13(14)9-12;1-4-16(2,3)15(19)20-14-7-5-6-11-12(14)8-10(17)9-13(11)18;1-4-16(2,3)15(19)20-13-9-8-11(17)10-6-5-7-12(18)14(10)13;1-4-16(2,3)15(18)19-14-8-6-11-9-13(17)7-5-12(11)10-14/h5-10,19H,4,11-12H2,1-3H3;2*5-10,18H,4,11H2,1-3H3;2*5-9,17-18H,4H2,1-3H3;5-10,17H,4H2,1-3H3. The van der Waals surface area contributed by atoms with E-state index in [2.05, 4.69) is 0 Å². The van der Waals surface area contributed by atoms with E-state index in [1.54, 1.807) is 105 Å². The van der Waals surface area contributed by atoms with Crippen molar-refractivity contribution >= 4 is 100 Å². The number of ether oxygens (including phenoxy) is 6. The van der Waals surface area contributed by atoms with E-state index in [-0.39, 0.29) is 101 Å². The highest BCUT2D eigenvalue weighted by molar-refractivity contribution is 6.00. The first-order valence-corrected chi connectivity index (χ1v) is 40.4. The van der Waals surface area contributed by atoms with Crippen LogP contribution in [0.15, 0.2) is 206 Å². The maximum atomic E-state index is 12.1. The molecule has 0 bridgehead atoms. The normalized spacial score (nSPS) is 11.6. The minimum atomic E-state index is -0.603. The van der Waals surface area contributed by atoms with Gasteiger partial charge >= 0.3 is 35.8 Å². The van der Waals surface area contributed by atoms with Crippen molar-refractivity contribution in [1.29, 1.82) is 0 Å². The highest BCUT2D eigenvalue weighted by Crippen LogP contribution is 2.41. The first kappa shape index (κ1) is 94.6. The van der Waals surface area contributed by atoms with Crippen LogP contribution in [0, 0.1) is 32.5 Å². The Morgan fingerprint density at radius 2 is 0.650 bits per heavy atom. The lowest BCUT2D eigenvalue weighted by molar-refractivity contribution is -0.156. The van der Waals surface area contributed by atoms with Gasteiger partial charge in [-0.25, -0.2) is 0 Å². The fourth-order valence-electron chi connectivity index (χ4n) is 11.3. The van der Waals surface area contributed by atoms with E-state index in [0.29, 0.717) is 58.9 Å². The van der Waals surface area contributed by atoms with E-state index in [1.807, 2.05) is 196 Å². The Morgan fingerprint density at radius 1 is 0.275 bits per heavy atom. The summed E-state index contributed by atoms with van der Waals surface area (Å²) in [4.78, 5) is 72.1. The molecular formula is C100H116O20. The Balaban J connectivity index is 0.000000198. The number of esters is 6. The highest BCUT2D eigenvalue weighted by atomic mass is 16.6. The molecule has 0 aliphatic carbocycles. The monoisotopic (exact) mass is 1640 g/mol. The molecule has 0 amide bonds. The number of phenols is 8. The van der Waals surface area contributed by atoms with Crippen LogP contribution in [-0.2, 0) is 62.6 Å². The predicted octanol–water partition coefficient (Wildman–Crippen LogP) is 23.2. The van der Waals surface area contributed by atoms with Crippen molar-refractivity contribution in [2.24, 2.45) is 32.5 Å². The van der Waals surface area contributed by atoms with Gasteiger partial charge in [0.15, 0.2) is 0 Å². The zero-order valence-corrected chi connectivity index (χ0v) is 72.2. The van der Waals surface area contributed by atoms with Crippen LogP contribution in [0.25, 0.3) is 64.6 Å². The van der Waals surface area contributed by atoms with Gasteiger partial charge in [0.25, 0.3) is 0 Å². The minimum absolute atomic E-state index is 0.0319. The fourth-order valence-corrected chi connectivity index (χ4v) is 11.3. The third-order valence-corrected chi connectivity index (χ3v) is 22.1. The Kier molecular flexibility index (Phi) is 32.5. The number of phenolic OH excluding ortho intramolecular Hbond substituents is 8. The van der Waals surface area contributed by atoms with Crippen molar-refractivity contribution in [2.45, 2.75) is 183 Å². The second-order valence-corrected chi connectivity index (χ2v) is 33.4. The lowest BCUT2D eigenvalue weighted by Gasteiger charge is -2.21. The molecule has 20 heteroatoms. The Morgan fingerprint density at radius 3 is 1.17 bits per heavy atom. The first-order valence-electron chi connectivity index (χ1n) is 40.4. The Labute approximate surface area is 702 Å². The number of hydrogen-bond acceptors (Lipinski definition) is 20. The average Bonchev–Trinajstić information content (AvgIpc) is 0.791. The summed E-state index contributed by atoms with van der Waals surface area (Å²) in [6.07, 6.45) is 4.93. The largest absolute Gasteiger partial charge is 0.508 e. The average molecular weight is 1640 g/mol. The number of carbonyl (C=O) groups is 6. The van der Waals surface area contributed by atoms with Gasteiger partial charge in [0.2, 0.25) is 0 Å². The molecule has 0 radical (unpaired) electrons. The Bertz CT molecular complexity index is 5610. The van der Waals surface area contributed by atoms with Gasteiger partial charge in [-0.3, -0.25) is 28.8 Å². The molecule has 12 rings (SSSR count). The summed E-state index contributed by atoms with van der Waals surface area (Å²) in [6, 6.07) is 59.2. The molecule has 0 unspecified atom stereocenters. The quantitative estimate of drug-likeness (QED) is 0.0178. The second-order valence-electron chi connectivity index (χ2n) is 33.4. The summed E-state index contributed by atoms with van der Waals surface area (Å²) in [5, 5.41) is 86.8. The van der Waals surface area contributed by atoms with Gasteiger partial charge < -0.3 is 69.3 Å². The van der Waals surface area contributed by atoms with Gasteiger partial charge in [0.05, 0.1) is 44.5 Å². The summed E-state index contributed by atoms with van der Waals surface area (Å²) in [5.74, 6) is 0.526. The zero-order valence-electron chi connectivity index (χ0n) is 72.2. The molecule has 0 aliphatic heterocycles. The molecule has 12 aromatic carbocycles. The van der Waals surface area contributed by atoms with Gasteiger partial charge in [-0.15, -0.1) is 0 Å². The molecule has 0 heterocycles. The van der Waals surface area contributed by atoms with Crippen LogP contribution >= 0.6 is 0 Å². The van der Waals surface area contributed by atoms with Crippen molar-refractivity contribution in [1.82, 2.24) is 0 Å². The highest BCUT2D eigenvalue weighted by Gasteiger charge is 2.33. The van der Waals surface area contributed by atoms with Gasteiger partial charge in [-0.2, -0.15) is 0 Å². The summed E-state index contributed by atoms with van der Waals surface area (Å²) >= 11 is 0. The SMILES string of the molecule is CCC(C)(C)C(=O)OCCc1cccc2c(O)cccc12.CCC(C)(C)C(=O)OCc1ccc2cc(O)ccc2c1.CCC(C)(C)C(=O)OCc1cccc2c(O)cccc12.CCC(C)(C)C(=O)Oc1ccc(O)c2cccc(O)c12.CCC(C)(C)C(=O)Oc1ccc2cc(O)ccc2c1.CCC(C)(C)C(=O)Oc1cccc2c(O)cc(O)cc12. The maximum Gasteiger partial charge on any atom is 0.316 e. The lowest BCUT2D eigenvalue weighted by Crippen LogP contribution is -2.28. The van der Waals surface area contributed by atoms with E-state index < -0.39 is 32.5 Å². The van der Waals surface area contributed by atoms with Crippen molar-refractivity contribution in [3.8, 4) is 63.2 Å². The number of rotatable bonds is 22. The van der Waals surface area contributed by atoms with Crippen LogP contribution in [0.2, 0.25) is 0 Å². The summed E-state index contributed by atoms with van der Waals surface area (Å²) < 4.78 is 32.4. The van der Waals surface area contributed by atoms with Crippen LogP contribution in [0.5, 0.6) is 63.2 Å². The smallest absolute Gasteiger partial charge is 0.316 e. The van der Waals surface area contributed by atoms with E-state index >= 15 is 0 Å². The predicted molar refractivity (Wildman–Crippen MR) is 473 cm³/mol. The van der Waals surface area contributed by atoms with Crippen molar-refractivity contribution in [3.05, 3.63) is 223 Å². The zero-order chi connectivity index (χ0) is 88.8. The molecule has 0 fully saturated rings. The van der Waals surface area contributed by atoms with Crippen molar-refractivity contribution < 1.29 is 98.0 Å². The lowest BCUT2D eigenvalue weighted by atomic mass is 9.90. The third kappa shape index (κ3) is 25.0. The molecule has 0 spiro atoms. The van der Waals surface area contributed by atoms with Gasteiger partial charge in [-0.05, 0) is 256 Å². The van der Waals surface area contributed by atoms with Crippen LogP contribution < -0.4 is 14.2 Å². The van der Waals surface area contributed by atoms with Crippen molar-refractivity contribution in [3.63, 3.8) is 0 Å². The Hall–Kier alpha value is -12.6. The molecule has 120 heavy (non-hydrogen) atoms. The van der Waals surface area contributed by atoms with Crippen LogP contribution in [-0.4, -0.2) is 83.3 Å².